The maximum absolute atomic E-state index is 12.8. The summed E-state index contributed by atoms with van der Waals surface area (Å²) in [5.74, 6) is 0.826. The summed E-state index contributed by atoms with van der Waals surface area (Å²) in [4.78, 5) is 15.4. The molecule has 4 rings (SSSR count). The van der Waals surface area contributed by atoms with E-state index >= 15 is 0 Å². The van der Waals surface area contributed by atoms with Crippen LogP contribution in [-0.2, 0) is 0 Å². The molecule has 27 heavy (non-hydrogen) atoms. The monoisotopic (exact) mass is 386 g/mol. The molecule has 2 aliphatic rings. The number of fused-ring (bicyclic) bond motifs is 1. The molecule has 4 nitrogen and oxygen atoms in total. The van der Waals surface area contributed by atoms with E-state index in [1.807, 2.05) is 26.0 Å². The van der Waals surface area contributed by atoms with E-state index in [9.17, 15) is 4.79 Å². The Morgan fingerprint density at radius 3 is 2.74 bits per heavy atom. The summed E-state index contributed by atoms with van der Waals surface area (Å²) in [6, 6.07) is 5.96. The molecule has 1 saturated carbocycles. The van der Waals surface area contributed by atoms with E-state index < -0.39 is 0 Å². The Bertz CT molecular complexity index is 804. The zero-order valence-corrected chi connectivity index (χ0v) is 17.2. The zero-order valence-electron chi connectivity index (χ0n) is 16.4. The Labute approximate surface area is 165 Å². The molecule has 5 heteroatoms. The van der Waals surface area contributed by atoms with Gasteiger partial charge in [0.1, 0.15) is 5.75 Å². The van der Waals surface area contributed by atoms with Crippen LogP contribution in [0.25, 0.3) is 10.1 Å². The molecule has 1 aromatic heterocycles. The molecule has 2 fully saturated rings. The summed E-state index contributed by atoms with van der Waals surface area (Å²) in [5, 5.41) is 6.36. The number of nitrogens with zero attached hydrogens (tertiary/aromatic N) is 1. The highest BCUT2D eigenvalue weighted by atomic mass is 32.1. The van der Waals surface area contributed by atoms with Gasteiger partial charge in [-0.3, -0.25) is 4.79 Å². The SMILES string of the molecule is CC(C)Oc1cc(C(=O)NCC2(CN3CCCCC3)CC2)cc2sccc12. The van der Waals surface area contributed by atoms with Crippen molar-refractivity contribution in [3.63, 3.8) is 0 Å². The second kappa shape index (κ2) is 7.80. The minimum absolute atomic E-state index is 0.0174. The molecule has 1 aromatic carbocycles. The first kappa shape index (κ1) is 18.8. The Balaban J connectivity index is 1.42. The van der Waals surface area contributed by atoms with E-state index in [1.165, 1.54) is 45.2 Å². The van der Waals surface area contributed by atoms with E-state index in [0.717, 1.165) is 28.9 Å². The van der Waals surface area contributed by atoms with Crippen LogP contribution in [-0.4, -0.2) is 43.1 Å². The number of amides is 1. The van der Waals surface area contributed by atoms with E-state index in [-0.39, 0.29) is 12.0 Å². The van der Waals surface area contributed by atoms with Crippen molar-refractivity contribution in [1.29, 1.82) is 0 Å². The van der Waals surface area contributed by atoms with Crippen molar-refractivity contribution in [2.24, 2.45) is 5.41 Å². The van der Waals surface area contributed by atoms with Crippen molar-refractivity contribution in [2.75, 3.05) is 26.2 Å². The molecule has 146 valence electrons. The molecule has 2 aromatic rings. The molecule has 0 unspecified atom stereocenters. The predicted molar refractivity (Wildman–Crippen MR) is 112 cm³/mol. The average molecular weight is 387 g/mol. The van der Waals surface area contributed by atoms with Gasteiger partial charge in [-0.15, -0.1) is 11.3 Å². The van der Waals surface area contributed by atoms with Crippen molar-refractivity contribution >= 4 is 27.3 Å². The third-order valence-electron chi connectivity index (χ3n) is 5.75. The molecular weight excluding hydrogens is 356 g/mol. The summed E-state index contributed by atoms with van der Waals surface area (Å²) in [5.41, 5.74) is 1.01. The van der Waals surface area contributed by atoms with Crippen molar-refractivity contribution in [3.8, 4) is 5.75 Å². The number of rotatable bonds is 7. The third kappa shape index (κ3) is 4.46. The topological polar surface area (TPSA) is 41.6 Å². The van der Waals surface area contributed by atoms with Crippen molar-refractivity contribution in [2.45, 2.75) is 52.1 Å². The fourth-order valence-electron chi connectivity index (χ4n) is 4.05. The highest BCUT2D eigenvalue weighted by molar-refractivity contribution is 7.17. The largest absolute Gasteiger partial charge is 0.490 e. The molecule has 0 radical (unpaired) electrons. The molecule has 1 aliphatic heterocycles. The first-order valence-electron chi connectivity index (χ1n) is 10.2. The van der Waals surface area contributed by atoms with E-state index in [4.69, 9.17) is 4.74 Å². The van der Waals surface area contributed by atoms with E-state index in [2.05, 4.69) is 21.7 Å². The van der Waals surface area contributed by atoms with Crippen LogP contribution in [0, 0.1) is 5.41 Å². The molecule has 1 saturated heterocycles. The minimum Gasteiger partial charge on any atom is -0.490 e. The van der Waals surface area contributed by atoms with Crippen molar-refractivity contribution in [1.82, 2.24) is 10.2 Å². The first-order chi connectivity index (χ1) is 13.0. The van der Waals surface area contributed by atoms with E-state index in [0.29, 0.717) is 11.0 Å². The van der Waals surface area contributed by atoms with Crippen LogP contribution in [0.5, 0.6) is 5.75 Å². The van der Waals surface area contributed by atoms with Gasteiger partial charge in [-0.1, -0.05) is 6.42 Å². The number of benzene rings is 1. The number of ether oxygens (including phenoxy) is 1. The maximum atomic E-state index is 12.8. The lowest BCUT2D eigenvalue weighted by atomic mass is 10.0. The van der Waals surface area contributed by atoms with Gasteiger partial charge >= 0.3 is 0 Å². The Morgan fingerprint density at radius 1 is 1.26 bits per heavy atom. The first-order valence-corrected chi connectivity index (χ1v) is 11.1. The molecule has 1 N–H and O–H groups in total. The lowest BCUT2D eigenvalue weighted by Crippen LogP contribution is -2.40. The molecule has 1 amide bonds. The Hall–Kier alpha value is -1.59. The summed E-state index contributed by atoms with van der Waals surface area (Å²) in [6.45, 7) is 8.40. The number of hydrogen-bond acceptors (Lipinski definition) is 4. The van der Waals surface area contributed by atoms with Gasteiger partial charge in [-0.2, -0.15) is 0 Å². The van der Waals surface area contributed by atoms with Crippen LogP contribution in [0.1, 0.15) is 56.3 Å². The number of piperidine rings is 1. The van der Waals surface area contributed by atoms with Gasteiger partial charge in [-0.05, 0) is 76.2 Å². The highest BCUT2D eigenvalue weighted by Crippen LogP contribution is 2.46. The van der Waals surface area contributed by atoms with Crippen LogP contribution < -0.4 is 10.1 Å². The fourth-order valence-corrected chi connectivity index (χ4v) is 4.89. The molecule has 0 spiro atoms. The van der Waals surface area contributed by atoms with Gasteiger partial charge in [0.2, 0.25) is 0 Å². The number of carbonyl (C=O) groups is 1. The molecule has 0 bridgehead atoms. The number of thiophene rings is 1. The van der Waals surface area contributed by atoms with Gasteiger partial charge in [0, 0.05) is 34.2 Å². The smallest absolute Gasteiger partial charge is 0.251 e. The number of carbonyl (C=O) groups excluding carboxylic acids is 1. The summed E-state index contributed by atoms with van der Waals surface area (Å²) in [6.07, 6.45) is 6.56. The fraction of sp³-hybridized carbons (Fsp3) is 0.591. The van der Waals surface area contributed by atoms with Gasteiger partial charge in [0.15, 0.2) is 0 Å². The molecule has 2 heterocycles. The van der Waals surface area contributed by atoms with Gasteiger partial charge in [0.25, 0.3) is 5.91 Å². The third-order valence-corrected chi connectivity index (χ3v) is 6.61. The molecule has 1 aliphatic carbocycles. The van der Waals surface area contributed by atoms with Crippen LogP contribution in [0.2, 0.25) is 0 Å². The maximum Gasteiger partial charge on any atom is 0.251 e. The normalized spacial score (nSPS) is 19.4. The van der Waals surface area contributed by atoms with Gasteiger partial charge in [0.05, 0.1) is 6.10 Å². The second-order valence-corrected chi connectivity index (χ2v) is 9.44. The number of likely N-dealkylation sites (tertiary alicyclic amines) is 1. The highest BCUT2D eigenvalue weighted by Gasteiger charge is 2.44. The average Bonchev–Trinajstić information content (AvgIpc) is 3.23. The number of nitrogens with one attached hydrogen (secondary N) is 1. The van der Waals surface area contributed by atoms with E-state index in [1.54, 1.807) is 11.3 Å². The van der Waals surface area contributed by atoms with Gasteiger partial charge < -0.3 is 15.0 Å². The summed E-state index contributed by atoms with van der Waals surface area (Å²) >= 11 is 1.65. The van der Waals surface area contributed by atoms with Crippen LogP contribution >= 0.6 is 11.3 Å². The Kier molecular flexibility index (Phi) is 5.42. The second-order valence-electron chi connectivity index (χ2n) is 8.49. The predicted octanol–water partition coefficient (Wildman–Crippen LogP) is 4.68. The van der Waals surface area contributed by atoms with Crippen molar-refractivity contribution in [3.05, 3.63) is 29.1 Å². The van der Waals surface area contributed by atoms with Crippen LogP contribution in [0.4, 0.5) is 0 Å². The zero-order chi connectivity index (χ0) is 18.9. The quantitative estimate of drug-likeness (QED) is 0.751. The molecule has 0 atom stereocenters. The van der Waals surface area contributed by atoms with Crippen LogP contribution in [0.15, 0.2) is 23.6 Å². The minimum atomic E-state index is 0.0174. The Morgan fingerprint density at radius 2 is 2.04 bits per heavy atom. The summed E-state index contributed by atoms with van der Waals surface area (Å²) < 4.78 is 7.06. The lowest BCUT2D eigenvalue weighted by Gasteiger charge is -2.30. The summed E-state index contributed by atoms with van der Waals surface area (Å²) in [7, 11) is 0. The van der Waals surface area contributed by atoms with Crippen LogP contribution in [0.3, 0.4) is 0 Å². The standard InChI is InChI=1S/C22H30N2O2S/c1-16(2)26-19-12-17(13-20-18(19)6-11-27-20)21(25)23-14-22(7-8-22)15-24-9-4-3-5-10-24/h6,11-13,16H,3-5,7-10,14-15H2,1-2H3,(H,23,25). The van der Waals surface area contributed by atoms with Gasteiger partial charge in [-0.25, -0.2) is 0 Å². The number of hydrogen-bond donors (Lipinski definition) is 1. The van der Waals surface area contributed by atoms with Crippen molar-refractivity contribution < 1.29 is 9.53 Å². The lowest BCUT2D eigenvalue weighted by molar-refractivity contribution is 0.0935. The molecular formula is C22H30N2O2S.